The van der Waals surface area contributed by atoms with E-state index in [1.54, 1.807) is 0 Å². The maximum absolute atomic E-state index is 6.39. The molecule has 0 aromatic rings. The van der Waals surface area contributed by atoms with Gasteiger partial charge in [-0.05, 0) is 45.4 Å². The van der Waals surface area contributed by atoms with Crippen molar-refractivity contribution in [2.45, 2.75) is 80.6 Å². The maximum Gasteiger partial charge on any atom is 0.292 e. The van der Waals surface area contributed by atoms with E-state index in [1.165, 1.54) is 56.6 Å². The Labute approximate surface area is 119 Å². The molecule has 2 aliphatic heterocycles. The second kappa shape index (κ2) is 6.75. The van der Waals surface area contributed by atoms with Gasteiger partial charge in [0.2, 0.25) is 0 Å². The van der Waals surface area contributed by atoms with Gasteiger partial charge in [-0.1, -0.05) is 25.0 Å². The Morgan fingerprint density at radius 2 is 1.72 bits per heavy atom. The molecule has 2 atom stereocenters. The summed E-state index contributed by atoms with van der Waals surface area (Å²) in [6.07, 6.45) is 10.3. The zero-order valence-corrected chi connectivity index (χ0v) is 13.7. The lowest BCUT2D eigenvalue weighted by molar-refractivity contribution is -0.193. The Kier molecular flexibility index (Phi) is 5.57. The monoisotopic (exact) mass is 268 g/mol. The highest BCUT2D eigenvalue weighted by Gasteiger charge is 2.51. The van der Waals surface area contributed by atoms with E-state index in [0.29, 0.717) is 0 Å². The van der Waals surface area contributed by atoms with Gasteiger partial charge in [0.25, 0.3) is 15.2 Å². The SMILES string of the molecule is CCC[CH2][AlH][C]1(C2(C)CCCCO2)CCCCO1. The molecule has 2 saturated heterocycles. The Balaban J connectivity index is 2.06. The minimum Gasteiger partial charge on any atom is -0.388 e. The molecule has 0 N–H and O–H groups in total. The third-order valence-electron chi connectivity index (χ3n) is 4.97. The van der Waals surface area contributed by atoms with Crippen LogP contribution in [0.1, 0.15) is 65.2 Å². The zero-order chi connectivity index (χ0) is 12.9. The van der Waals surface area contributed by atoms with Gasteiger partial charge < -0.3 is 9.47 Å². The molecule has 18 heavy (non-hydrogen) atoms. The highest BCUT2D eigenvalue weighted by molar-refractivity contribution is 6.40. The summed E-state index contributed by atoms with van der Waals surface area (Å²) in [6, 6.07) is 0. The third kappa shape index (κ3) is 3.13. The molecule has 2 rings (SSSR count). The highest BCUT2D eigenvalue weighted by Crippen LogP contribution is 2.42. The van der Waals surface area contributed by atoms with Crippen molar-refractivity contribution in [2.24, 2.45) is 0 Å². The standard InChI is InChI=1S/C11H19O2.C4H9.Al.H/c1-11(7-3-5-9-13-11)10-6-2-4-8-12-10;1-3-4-2;;/h2-9H2,1H3;1,3-4H2,2H3;;. The Morgan fingerprint density at radius 1 is 1.00 bits per heavy atom. The van der Waals surface area contributed by atoms with E-state index in [0.717, 1.165) is 13.2 Å². The summed E-state index contributed by atoms with van der Waals surface area (Å²) in [5.74, 6) is 0. The second-order valence-corrected chi connectivity index (χ2v) is 8.64. The molecule has 0 aromatic heterocycles. The average Bonchev–Trinajstić information content (AvgIpc) is 2.41. The maximum atomic E-state index is 6.39. The molecular formula is C15H29AlO2. The van der Waals surface area contributed by atoms with Gasteiger partial charge in [-0.25, -0.2) is 0 Å². The number of rotatable bonds is 5. The summed E-state index contributed by atoms with van der Waals surface area (Å²) in [6.45, 7) is 6.56. The smallest absolute Gasteiger partial charge is 0.292 e. The Bertz CT molecular complexity index is 243. The molecule has 2 heterocycles. The quantitative estimate of drug-likeness (QED) is 0.561. The van der Waals surface area contributed by atoms with Crippen LogP contribution in [0.15, 0.2) is 0 Å². The average molecular weight is 268 g/mol. The molecule has 2 aliphatic rings. The lowest BCUT2D eigenvalue weighted by Gasteiger charge is -2.52. The molecule has 0 amide bonds. The first kappa shape index (κ1) is 14.9. The summed E-state index contributed by atoms with van der Waals surface area (Å²) in [7, 11) is 0. The van der Waals surface area contributed by atoms with Crippen molar-refractivity contribution < 1.29 is 9.47 Å². The van der Waals surface area contributed by atoms with E-state index < -0.39 is 0 Å². The first-order valence-corrected chi connectivity index (χ1v) is 9.71. The van der Waals surface area contributed by atoms with Crippen molar-refractivity contribution in [1.82, 2.24) is 0 Å². The summed E-state index contributed by atoms with van der Waals surface area (Å²) in [4.78, 5) is 0. The van der Waals surface area contributed by atoms with Gasteiger partial charge in [-0.15, -0.1) is 0 Å². The third-order valence-corrected chi connectivity index (χ3v) is 7.94. The molecule has 0 aliphatic carbocycles. The van der Waals surface area contributed by atoms with Crippen LogP contribution in [0.2, 0.25) is 5.28 Å². The number of hydrogen-bond acceptors (Lipinski definition) is 2. The lowest BCUT2D eigenvalue weighted by atomic mass is 9.85. The fourth-order valence-corrected chi connectivity index (χ4v) is 6.60. The van der Waals surface area contributed by atoms with Crippen LogP contribution in [0, 0.1) is 0 Å². The molecule has 3 heteroatoms. The van der Waals surface area contributed by atoms with Gasteiger partial charge in [0.15, 0.2) is 0 Å². The molecule has 0 spiro atoms. The topological polar surface area (TPSA) is 18.5 Å². The summed E-state index contributed by atoms with van der Waals surface area (Å²) in [5.41, 5.74) is 0.0334. The van der Waals surface area contributed by atoms with Crippen LogP contribution >= 0.6 is 0 Å². The van der Waals surface area contributed by atoms with Crippen LogP contribution in [-0.4, -0.2) is 38.5 Å². The number of unbranched alkanes of at least 4 members (excludes halogenated alkanes) is 1. The van der Waals surface area contributed by atoms with Gasteiger partial charge in [-0.2, -0.15) is 0 Å². The molecular weight excluding hydrogens is 239 g/mol. The van der Waals surface area contributed by atoms with Crippen LogP contribution in [0.3, 0.4) is 0 Å². The normalized spacial score (nSPS) is 37.4. The first-order chi connectivity index (χ1) is 8.72. The number of ether oxygens (including phenoxy) is 2. The minimum absolute atomic E-state index is 0.0334. The van der Waals surface area contributed by atoms with E-state index in [1.807, 2.05) is 0 Å². The minimum atomic E-state index is -0.201. The summed E-state index contributed by atoms with van der Waals surface area (Å²) in [5, 5.41) is 1.43. The van der Waals surface area contributed by atoms with Crippen LogP contribution in [-0.2, 0) is 9.47 Å². The van der Waals surface area contributed by atoms with Crippen LogP contribution in [0.4, 0.5) is 0 Å². The van der Waals surface area contributed by atoms with Crippen LogP contribution in [0.25, 0.3) is 0 Å². The van der Waals surface area contributed by atoms with Gasteiger partial charge >= 0.3 is 0 Å². The molecule has 0 radical (unpaired) electrons. The first-order valence-electron chi connectivity index (χ1n) is 8.00. The van der Waals surface area contributed by atoms with Crippen molar-refractivity contribution in [2.75, 3.05) is 13.2 Å². The predicted octanol–water partition coefficient (Wildman–Crippen LogP) is 3.50. The van der Waals surface area contributed by atoms with Crippen molar-refractivity contribution in [3.05, 3.63) is 0 Å². The Hall–Kier alpha value is 0.452. The van der Waals surface area contributed by atoms with Crippen LogP contribution < -0.4 is 0 Å². The number of hydrogen-bond donors (Lipinski definition) is 0. The molecule has 2 fully saturated rings. The van der Waals surface area contributed by atoms with Gasteiger partial charge in [0, 0.05) is 17.7 Å². The van der Waals surface area contributed by atoms with Gasteiger partial charge in [0.05, 0.1) is 5.60 Å². The highest BCUT2D eigenvalue weighted by atomic mass is 27.1. The van der Waals surface area contributed by atoms with Crippen molar-refractivity contribution in [3.8, 4) is 0 Å². The van der Waals surface area contributed by atoms with Crippen molar-refractivity contribution in [1.29, 1.82) is 0 Å². The fraction of sp³-hybridized carbons (Fsp3) is 1.00. The molecule has 2 nitrogen and oxygen atoms in total. The largest absolute Gasteiger partial charge is 0.388 e. The zero-order valence-electron chi connectivity index (χ0n) is 12.3. The molecule has 0 bridgehead atoms. The summed E-state index contributed by atoms with van der Waals surface area (Å²) >= 11 is -0.201. The molecule has 2 unspecified atom stereocenters. The van der Waals surface area contributed by atoms with Gasteiger partial charge in [-0.3, -0.25) is 0 Å². The van der Waals surface area contributed by atoms with Crippen molar-refractivity contribution in [3.63, 3.8) is 0 Å². The van der Waals surface area contributed by atoms with Gasteiger partial charge in [0.1, 0.15) is 0 Å². The van der Waals surface area contributed by atoms with E-state index in [-0.39, 0.29) is 25.3 Å². The predicted molar refractivity (Wildman–Crippen MR) is 77.6 cm³/mol. The Morgan fingerprint density at radius 3 is 2.28 bits per heavy atom. The van der Waals surface area contributed by atoms with E-state index in [4.69, 9.17) is 9.47 Å². The van der Waals surface area contributed by atoms with E-state index >= 15 is 0 Å². The fourth-order valence-electron chi connectivity index (χ4n) is 3.68. The summed E-state index contributed by atoms with van der Waals surface area (Å²) < 4.78 is 12.8. The van der Waals surface area contributed by atoms with Crippen molar-refractivity contribution >= 4 is 15.2 Å². The molecule has 0 saturated carbocycles. The second-order valence-electron chi connectivity index (χ2n) is 6.29. The van der Waals surface area contributed by atoms with E-state index in [2.05, 4.69) is 13.8 Å². The molecule has 104 valence electrons. The molecule has 0 aromatic carbocycles. The van der Waals surface area contributed by atoms with E-state index in [9.17, 15) is 0 Å². The lowest BCUT2D eigenvalue weighted by Crippen LogP contribution is -2.61. The van der Waals surface area contributed by atoms with Crippen LogP contribution in [0.5, 0.6) is 0 Å².